The molecule has 0 radical (unpaired) electrons. The lowest BCUT2D eigenvalue weighted by Gasteiger charge is -2.27. The summed E-state index contributed by atoms with van der Waals surface area (Å²) in [6.07, 6.45) is 3.19. The van der Waals surface area contributed by atoms with E-state index >= 15 is 0 Å². The fourth-order valence-corrected chi connectivity index (χ4v) is 5.60. The summed E-state index contributed by atoms with van der Waals surface area (Å²) >= 11 is 9.91. The molecular weight excluding hydrogens is 599 g/mol. The second-order valence-corrected chi connectivity index (χ2v) is 10.5. The summed E-state index contributed by atoms with van der Waals surface area (Å²) in [6, 6.07) is 12.3. The molecule has 4 rings (SSSR count). The molecule has 0 fully saturated rings. The fraction of sp³-hybridized carbons (Fsp3) is 0.269. The first-order valence-corrected chi connectivity index (χ1v) is 13.5. The summed E-state index contributed by atoms with van der Waals surface area (Å²) in [4.78, 5) is 32.3. The Balaban J connectivity index is 2.04. The molecule has 2 aromatic carbocycles. The van der Waals surface area contributed by atoms with Crippen LogP contribution in [0, 0.1) is 3.57 Å². The van der Waals surface area contributed by atoms with E-state index in [4.69, 9.17) is 26.1 Å². The molecule has 2 heterocycles. The van der Waals surface area contributed by atoms with Gasteiger partial charge in [-0.15, -0.1) is 0 Å². The van der Waals surface area contributed by atoms with Gasteiger partial charge in [0.05, 0.1) is 29.5 Å². The van der Waals surface area contributed by atoms with Crippen LogP contribution in [0.25, 0.3) is 6.08 Å². The molecule has 9 heteroatoms. The number of ether oxygens (including phenoxy) is 2. The van der Waals surface area contributed by atoms with Crippen LogP contribution >= 0.6 is 45.5 Å². The Labute approximate surface area is 225 Å². The van der Waals surface area contributed by atoms with Gasteiger partial charge in [0, 0.05) is 14.2 Å². The van der Waals surface area contributed by atoms with E-state index in [0.717, 1.165) is 15.6 Å². The lowest BCUT2D eigenvalue weighted by atomic mass is 9.93. The number of aromatic nitrogens is 1. The lowest BCUT2D eigenvalue weighted by Crippen LogP contribution is -2.40. The zero-order valence-corrected chi connectivity index (χ0v) is 23.2. The highest BCUT2D eigenvalue weighted by Gasteiger charge is 2.36. The van der Waals surface area contributed by atoms with Gasteiger partial charge >= 0.3 is 5.97 Å². The largest absolute Gasteiger partial charge is 0.496 e. The number of halogens is 2. The number of methoxy groups -OCH3 is 1. The first kappa shape index (κ1) is 25.7. The van der Waals surface area contributed by atoms with Crippen LogP contribution in [0.5, 0.6) is 5.75 Å². The maximum atomic E-state index is 13.8. The second kappa shape index (κ2) is 11.1. The Bertz CT molecular complexity index is 1470. The topological polar surface area (TPSA) is 69.9 Å². The Morgan fingerprint density at radius 2 is 1.97 bits per heavy atom. The van der Waals surface area contributed by atoms with Crippen molar-refractivity contribution in [2.45, 2.75) is 32.7 Å². The number of carbonyl (C=O) groups is 1. The van der Waals surface area contributed by atoms with Crippen LogP contribution in [0.3, 0.4) is 0 Å². The molecule has 1 aromatic heterocycles. The number of nitrogens with zero attached hydrogens (tertiary/aromatic N) is 2. The predicted molar refractivity (Wildman–Crippen MR) is 147 cm³/mol. The predicted octanol–water partition coefficient (Wildman–Crippen LogP) is 4.85. The minimum atomic E-state index is -0.778. The van der Waals surface area contributed by atoms with E-state index in [0.29, 0.717) is 43.4 Å². The monoisotopic (exact) mass is 622 g/mol. The van der Waals surface area contributed by atoms with Gasteiger partial charge in [-0.3, -0.25) is 9.36 Å². The van der Waals surface area contributed by atoms with Crippen molar-refractivity contribution in [3.05, 3.63) is 93.1 Å². The maximum Gasteiger partial charge on any atom is 0.338 e. The number of hydrogen-bond donors (Lipinski definition) is 0. The molecule has 1 aliphatic heterocycles. The van der Waals surface area contributed by atoms with Crippen molar-refractivity contribution < 1.29 is 14.3 Å². The summed E-state index contributed by atoms with van der Waals surface area (Å²) in [7, 11) is 1.55. The zero-order valence-electron chi connectivity index (χ0n) is 19.5. The zero-order chi connectivity index (χ0) is 25.1. The average Bonchev–Trinajstić information content (AvgIpc) is 3.14. The van der Waals surface area contributed by atoms with E-state index in [1.54, 1.807) is 36.8 Å². The molecule has 0 aliphatic carbocycles. The molecule has 0 N–H and O–H groups in total. The van der Waals surface area contributed by atoms with Gasteiger partial charge in [-0.05, 0) is 77.9 Å². The number of carbonyl (C=O) groups excluding carboxylic acids is 1. The van der Waals surface area contributed by atoms with E-state index < -0.39 is 12.0 Å². The SMILES string of the molecule is CCCC1=C(C(=O)OCC)[C@H](c2cc(Cl)ccc2OC)n2c(s/c(=C/c3ccc(I)cc3)c2=O)=N1. The quantitative estimate of drug-likeness (QED) is 0.279. The Kier molecular flexibility index (Phi) is 8.13. The van der Waals surface area contributed by atoms with Crippen LogP contribution in [0.1, 0.15) is 43.9 Å². The third kappa shape index (κ3) is 5.24. The van der Waals surface area contributed by atoms with Gasteiger partial charge in [-0.25, -0.2) is 9.79 Å². The number of allylic oxidation sites excluding steroid dienone is 1. The molecule has 3 aromatic rings. The lowest BCUT2D eigenvalue weighted by molar-refractivity contribution is -0.139. The molecule has 6 nitrogen and oxygen atoms in total. The van der Waals surface area contributed by atoms with Crippen LogP contribution in [0.4, 0.5) is 0 Å². The number of hydrogen-bond acceptors (Lipinski definition) is 6. The van der Waals surface area contributed by atoms with Gasteiger partial charge in [0.15, 0.2) is 4.80 Å². The van der Waals surface area contributed by atoms with Gasteiger partial charge in [0.2, 0.25) is 0 Å². The van der Waals surface area contributed by atoms with Gasteiger partial charge in [-0.2, -0.15) is 0 Å². The molecule has 0 unspecified atom stereocenters. The average molecular weight is 623 g/mol. The van der Waals surface area contributed by atoms with Gasteiger partial charge in [0.25, 0.3) is 5.56 Å². The summed E-state index contributed by atoms with van der Waals surface area (Å²) in [6.45, 7) is 3.98. The summed E-state index contributed by atoms with van der Waals surface area (Å²) in [5.74, 6) is 0.0183. The van der Waals surface area contributed by atoms with Crippen molar-refractivity contribution in [1.82, 2.24) is 4.57 Å². The Hall–Kier alpha value is -2.43. The van der Waals surface area contributed by atoms with Crippen LogP contribution in [0.2, 0.25) is 5.02 Å². The molecule has 0 bridgehead atoms. The van der Waals surface area contributed by atoms with E-state index in [1.807, 2.05) is 37.3 Å². The molecular formula is C26H24ClIN2O4S. The van der Waals surface area contributed by atoms with Crippen molar-refractivity contribution in [2.24, 2.45) is 4.99 Å². The molecule has 0 saturated heterocycles. The van der Waals surface area contributed by atoms with Crippen molar-refractivity contribution >= 4 is 57.6 Å². The minimum absolute atomic E-state index is 0.207. The molecule has 1 atom stereocenters. The smallest absolute Gasteiger partial charge is 0.338 e. The van der Waals surface area contributed by atoms with Gasteiger partial charge < -0.3 is 9.47 Å². The second-order valence-electron chi connectivity index (χ2n) is 7.85. The van der Waals surface area contributed by atoms with Crippen molar-refractivity contribution in [2.75, 3.05) is 13.7 Å². The molecule has 0 amide bonds. The first-order chi connectivity index (χ1) is 16.9. The van der Waals surface area contributed by atoms with E-state index in [-0.39, 0.29) is 12.2 Å². The van der Waals surface area contributed by atoms with Gasteiger partial charge in [-0.1, -0.05) is 48.4 Å². The van der Waals surface area contributed by atoms with Crippen LogP contribution in [-0.4, -0.2) is 24.3 Å². The van der Waals surface area contributed by atoms with E-state index in [9.17, 15) is 9.59 Å². The third-order valence-electron chi connectivity index (χ3n) is 5.55. The third-order valence-corrected chi connectivity index (χ3v) is 7.48. The van der Waals surface area contributed by atoms with Crippen LogP contribution < -0.4 is 19.6 Å². The standard InChI is InChI=1S/C26H24ClIN2O4S/c1-4-6-19-22(25(32)34-5-2)23(18-14-16(27)9-12-20(18)33-3)30-24(31)21(35-26(30)29-19)13-15-7-10-17(28)11-8-15/h7-14,23H,4-6H2,1-3H3/b21-13+/t23-/m0/s1. The number of fused-ring (bicyclic) bond motifs is 1. The molecule has 0 spiro atoms. The van der Waals surface area contributed by atoms with Gasteiger partial charge in [0.1, 0.15) is 11.8 Å². The number of rotatable bonds is 7. The molecule has 35 heavy (non-hydrogen) atoms. The highest BCUT2D eigenvalue weighted by atomic mass is 127. The normalized spacial score (nSPS) is 15.6. The van der Waals surface area contributed by atoms with Crippen molar-refractivity contribution in [3.8, 4) is 5.75 Å². The van der Waals surface area contributed by atoms with Crippen LogP contribution in [0.15, 0.2) is 63.5 Å². The highest BCUT2D eigenvalue weighted by Crippen LogP contribution is 2.38. The number of thiazole rings is 1. The first-order valence-electron chi connectivity index (χ1n) is 11.2. The fourth-order valence-electron chi connectivity index (χ4n) is 4.04. The number of benzene rings is 2. The maximum absolute atomic E-state index is 13.8. The van der Waals surface area contributed by atoms with E-state index in [1.165, 1.54) is 11.3 Å². The minimum Gasteiger partial charge on any atom is -0.496 e. The van der Waals surface area contributed by atoms with Crippen LogP contribution in [-0.2, 0) is 9.53 Å². The van der Waals surface area contributed by atoms with Crippen molar-refractivity contribution in [1.29, 1.82) is 0 Å². The molecule has 1 aliphatic rings. The van der Waals surface area contributed by atoms with Crippen molar-refractivity contribution in [3.63, 3.8) is 0 Å². The van der Waals surface area contributed by atoms with E-state index in [2.05, 4.69) is 22.6 Å². The molecule has 0 saturated carbocycles. The highest BCUT2D eigenvalue weighted by molar-refractivity contribution is 14.1. The summed E-state index contributed by atoms with van der Waals surface area (Å²) in [5, 5.41) is 0.471. The Morgan fingerprint density at radius 3 is 2.63 bits per heavy atom. The molecule has 182 valence electrons. The Morgan fingerprint density at radius 1 is 1.23 bits per heavy atom. The summed E-state index contributed by atoms with van der Waals surface area (Å²) < 4.78 is 14.2. The number of esters is 1. The summed E-state index contributed by atoms with van der Waals surface area (Å²) in [5.41, 5.74) is 2.22.